The predicted molar refractivity (Wildman–Crippen MR) is 61.9 cm³/mol. The van der Waals surface area contributed by atoms with Crippen LogP contribution in [0.3, 0.4) is 0 Å². The van der Waals surface area contributed by atoms with Crippen LogP contribution in [0.15, 0.2) is 18.2 Å². The summed E-state index contributed by atoms with van der Waals surface area (Å²) in [5, 5.41) is 0.758. The van der Waals surface area contributed by atoms with Crippen LogP contribution in [0, 0.1) is 0 Å². The van der Waals surface area contributed by atoms with E-state index in [0.29, 0.717) is 6.04 Å². The highest BCUT2D eigenvalue weighted by atomic mass is 35.5. The molecule has 1 saturated heterocycles. The van der Waals surface area contributed by atoms with Gasteiger partial charge in [0.1, 0.15) is 0 Å². The van der Waals surface area contributed by atoms with Crippen molar-refractivity contribution in [1.82, 2.24) is 0 Å². The van der Waals surface area contributed by atoms with Crippen LogP contribution in [0.1, 0.15) is 19.8 Å². The summed E-state index contributed by atoms with van der Waals surface area (Å²) in [6.07, 6.45) is 2.49. The number of nitrogen functional groups attached to an aromatic ring is 1. The van der Waals surface area contributed by atoms with Crippen LogP contribution in [-0.4, -0.2) is 12.6 Å². The molecular weight excluding hydrogens is 196 g/mol. The van der Waals surface area contributed by atoms with E-state index >= 15 is 0 Å². The van der Waals surface area contributed by atoms with Crippen LogP contribution in [0.25, 0.3) is 0 Å². The molecule has 2 rings (SSSR count). The van der Waals surface area contributed by atoms with Crippen LogP contribution in [0.5, 0.6) is 0 Å². The molecule has 0 aliphatic carbocycles. The number of nitrogens with two attached hydrogens (primary N) is 1. The molecule has 1 aliphatic rings. The molecule has 1 atom stereocenters. The van der Waals surface area contributed by atoms with Crippen molar-refractivity contribution in [3.05, 3.63) is 23.2 Å². The van der Waals surface area contributed by atoms with Crippen LogP contribution in [-0.2, 0) is 0 Å². The topological polar surface area (TPSA) is 29.3 Å². The first kappa shape index (κ1) is 9.66. The van der Waals surface area contributed by atoms with Crippen molar-refractivity contribution in [2.75, 3.05) is 17.2 Å². The first-order chi connectivity index (χ1) is 6.68. The van der Waals surface area contributed by atoms with Crippen molar-refractivity contribution >= 4 is 23.0 Å². The quantitative estimate of drug-likeness (QED) is 0.723. The van der Waals surface area contributed by atoms with Crippen molar-refractivity contribution in [1.29, 1.82) is 0 Å². The van der Waals surface area contributed by atoms with Crippen molar-refractivity contribution < 1.29 is 0 Å². The lowest BCUT2D eigenvalue weighted by Crippen LogP contribution is -2.26. The molecule has 2 nitrogen and oxygen atoms in total. The molecule has 0 amide bonds. The fourth-order valence-corrected chi connectivity index (χ4v) is 2.22. The molecule has 3 heteroatoms. The van der Waals surface area contributed by atoms with Gasteiger partial charge in [-0.2, -0.15) is 0 Å². The summed E-state index contributed by atoms with van der Waals surface area (Å²) < 4.78 is 0. The highest BCUT2D eigenvalue weighted by molar-refractivity contribution is 6.31. The minimum atomic E-state index is 0.579. The second-order valence-electron chi connectivity index (χ2n) is 3.89. The third kappa shape index (κ3) is 1.67. The van der Waals surface area contributed by atoms with E-state index < -0.39 is 0 Å². The lowest BCUT2D eigenvalue weighted by molar-refractivity contribution is 0.736. The molecule has 1 unspecified atom stereocenters. The average molecular weight is 211 g/mol. The molecule has 0 aromatic heterocycles. The average Bonchev–Trinajstić information content (AvgIpc) is 2.56. The number of hydrogen-bond donors (Lipinski definition) is 1. The highest BCUT2D eigenvalue weighted by Gasteiger charge is 2.22. The summed E-state index contributed by atoms with van der Waals surface area (Å²) in [5.74, 6) is 0. The predicted octanol–water partition coefficient (Wildman–Crippen LogP) is 2.91. The van der Waals surface area contributed by atoms with Crippen molar-refractivity contribution in [2.24, 2.45) is 0 Å². The first-order valence-corrected chi connectivity index (χ1v) is 5.38. The maximum absolute atomic E-state index is 5.96. The van der Waals surface area contributed by atoms with Crippen molar-refractivity contribution in [2.45, 2.75) is 25.8 Å². The van der Waals surface area contributed by atoms with Gasteiger partial charge in [-0.15, -0.1) is 0 Å². The Bertz CT molecular complexity index is 338. The van der Waals surface area contributed by atoms with Gasteiger partial charge in [-0.1, -0.05) is 11.6 Å². The Morgan fingerprint density at radius 3 is 2.93 bits per heavy atom. The molecule has 1 aliphatic heterocycles. The maximum atomic E-state index is 5.96. The Morgan fingerprint density at radius 1 is 1.50 bits per heavy atom. The molecule has 1 fully saturated rings. The summed E-state index contributed by atoms with van der Waals surface area (Å²) >= 11 is 5.96. The normalized spacial score (nSPS) is 21.6. The largest absolute Gasteiger partial charge is 0.397 e. The van der Waals surface area contributed by atoms with E-state index in [9.17, 15) is 0 Å². The van der Waals surface area contributed by atoms with E-state index in [2.05, 4.69) is 11.8 Å². The molecule has 0 spiro atoms. The Hall–Kier alpha value is -0.890. The number of halogens is 1. The van der Waals surface area contributed by atoms with Gasteiger partial charge >= 0.3 is 0 Å². The fourth-order valence-electron chi connectivity index (χ4n) is 2.06. The monoisotopic (exact) mass is 210 g/mol. The van der Waals surface area contributed by atoms with Crippen molar-refractivity contribution in [3.63, 3.8) is 0 Å². The number of anilines is 2. The van der Waals surface area contributed by atoms with Gasteiger partial charge in [-0.05, 0) is 38.0 Å². The number of nitrogens with zero attached hydrogens (tertiary/aromatic N) is 1. The Labute approximate surface area is 89.7 Å². The zero-order valence-electron chi connectivity index (χ0n) is 8.33. The molecule has 76 valence electrons. The zero-order valence-corrected chi connectivity index (χ0v) is 9.09. The Morgan fingerprint density at radius 2 is 2.29 bits per heavy atom. The molecule has 14 heavy (non-hydrogen) atoms. The van der Waals surface area contributed by atoms with Crippen LogP contribution in [0.2, 0.25) is 5.02 Å². The van der Waals surface area contributed by atoms with Gasteiger partial charge in [0.2, 0.25) is 0 Å². The lowest BCUT2D eigenvalue weighted by Gasteiger charge is -2.25. The smallest absolute Gasteiger partial charge is 0.0617 e. The minimum absolute atomic E-state index is 0.579. The van der Waals surface area contributed by atoms with Gasteiger partial charge in [-0.3, -0.25) is 0 Å². The minimum Gasteiger partial charge on any atom is -0.397 e. The van der Waals surface area contributed by atoms with Gasteiger partial charge in [-0.25, -0.2) is 0 Å². The van der Waals surface area contributed by atoms with Gasteiger partial charge in [0.25, 0.3) is 0 Å². The number of benzene rings is 1. The fraction of sp³-hybridized carbons (Fsp3) is 0.455. The summed E-state index contributed by atoms with van der Waals surface area (Å²) in [7, 11) is 0. The molecule has 0 radical (unpaired) electrons. The summed E-state index contributed by atoms with van der Waals surface area (Å²) in [5.41, 5.74) is 7.84. The van der Waals surface area contributed by atoms with Gasteiger partial charge < -0.3 is 10.6 Å². The van der Waals surface area contributed by atoms with Gasteiger partial charge in [0, 0.05) is 17.6 Å². The van der Waals surface area contributed by atoms with E-state index in [-0.39, 0.29) is 0 Å². The summed E-state index contributed by atoms with van der Waals surface area (Å²) in [6, 6.07) is 6.25. The van der Waals surface area contributed by atoms with E-state index in [1.165, 1.54) is 12.8 Å². The van der Waals surface area contributed by atoms with Crippen LogP contribution in [0.4, 0.5) is 11.4 Å². The number of rotatable bonds is 1. The molecule has 1 heterocycles. The van der Waals surface area contributed by atoms with E-state index in [1.807, 2.05) is 18.2 Å². The summed E-state index contributed by atoms with van der Waals surface area (Å²) in [4.78, 5) is 2.33. The first-order valence-electron chi connectivity index (χ1n) is 5.00. The molecule has 1 aromatic rings. The molecule has 2 N–H and O–H groups in total. The van der Waals surface area contributed by atoms with Gasteiger partial charge in [0.15, 0.2) is 0 Å². The standard InChI is InChI=1S/C11H15ClN2/c1-8-3-2-6-14(8)11-7-9(12)4-5-10(11)13/h4-5,7-8H,2-3,6,13H2,1H3. The van der Waals surface area contributed by atoms with E-state index in [4.69, 9.17) is 17.3 Å². The third-order valence-electron chi connectivity index (χ3n) is 2.85. The van der Waals surface area contributed by atoms with Crippen molar-refractivity contribution in [3.8, 4) is 0 Å². The Kier molecular flexibility index (Phi) is 2.55. The molecular formula is C11H15ClN2. The van der Waals surface area contributed by atoms with Crippen LogP contribution < -0.4 is 10.6 Å². The maximum Gasteiger partial charge on any atom is 0.0617 e. The molecule has 0 saturated carbocycles. The Balaban J connectivity index is 2.34. The zero-order chi connectivity index (χ0) is 10.1. The second kappa shape index (κ2) is 3.70. The second-order valence-corrected chi connectivity index (χ2v) is 4.32. The SMILES string of the molecule is CC1CCCN1c1cc(Cl)ccc1N. The van der Waals surface area contributed by atoms with Crippen LogP contribution >= 0.6 is 11.6 Å². The highest BCUT2D eigenvalue weighted by Crippen LogP contribution is 2.32. The lowest BCUT2D eigenvalue weighted by atomic mass is 10.2. The molecule has 1 aromatic carbocycles. The van der Waals surface area contributed by atoms with E-state index in [0.717, 1.165) is 22.9 Å². The van der Waals surface area contributed by atoms with E-state index in [1.54, 1.807) is 0 Å². The third-order valence-corrected chi connectivity index (χ3v) is 3.09. The summed E-state index contributed by atoms with van der Waals surface area (Å²) in [6.45, 7) is 3.32. The number of hydrogen-bond acceptors (Lipinski definition) is 2. The van der Waals surface area contributed by atoms with Gasteiger partial charge in [0.05, 0.1) is 11.4 Å². The molecule has 0 bridgehead atoms.